The maximum atomic E-state index is 14.0. The Labute approximate surface area is 302 Å². The molecule has 0 aliphatic carbocycles. The zero-order valence-corrected chi connectivity index (χ0v) is 32.0. The first-order valence-corrected chi connectivity index (χ1v) is 18.5. The van der Waals surface area contributed by atoms with Crippen molar-refractivity contribution in [3.05, 3.63) is 52.5 Å². The standard InChI is InChI=1S/C37H58N6O6S/c1-23(2)32(38-6)36(47)40-22-31(45)42(7)33(24(3)4)29(48-8)21-30(44)43-18-13-16-28(43)34(49-9)25(5)35(46)41-27(37-39-17-19-50-37)20-26-14-11-10-12-15-26/h10-12,14-15,17,19,23-25,27-29,32-34,38H,13,16,18,20-22H2,1-9H3,(H,40,47)(H,41,46)/t25?,27?,28-,29+,32?,33-,34?/m0/s1. The molecule has 3 N–H and O–H groups in total. The molecule has 13 heteroatoms. The summed E-state index contributed by atoms with van der Waals surface area (Å²) in [5, 5.41) is 11.7. The van der Waals surface area contributed by atoms with E-state index in [9.17, 15) is 19.2 Å². The number of methoxy groups -OCH3 is 2. The van der Waals surface area contributed by atoms with Crippen molar-refractivity contribution in [1.82, 2.24) is 30.7 Å². The van der Waals surface area contributed by atoms with Gasteiger partial charge in [0.25, 0.3) is 0 Å². The molecule has 2 heterocycles. The van der Waals surface area contributed by atoms with E-state index in [1.807, 2.05) is 75.2 Å². The predicted octanol–water partition coefficient (Wildman–Crippen LogP) is 3.43. The minimum absolute atomic E-state index is 0.0374. The molecule has 7 atom stereocenters. The van der Waals surface area contributed by atoms with Crippen LogP contribution in [0.15, 0.2) is 41.9 Å². The number of nitrogens with zero attached hydrogens (tertiary/aromatic N) is 3. The molecule has 3 rings (SSSR count). The third-order valence-electron chi connectivity index (χ3n) is 9.78. The Bertz CT molecular complexity index is 1360. The van der Waals surface area contributed by atoms with Crippen molar-refractivity contribution in [3.8, 4) is 0 Å². The van der Waals surface area contributed by atoms with Crippen LogP contribution in [0.5, 0.6) is 0 Å². The molecule has 0 spiro atoms. The number of hydrogen-bond donors (Lipinski definition) is 3. The summed E-state index contributed by atoms with van der Waals surface area (Å²) in [5.74, 6) is -1.32. The van der Waals surface area contributed by atoms with Crippen molar-refractivity contribution in [1.29, 1.82) is 0 Å². The van der Waals surface area contributed by atoms with Crippen LogP contribution in [0, 0.1) is 17.8 Å². The average Bonchev–Trinajstić information content (AvgIpc) is 3.81. The number of benzene rings is 1. The Morgan fingerprint density at radius 2 is 1.72 bits per heavy atom. The number of amides is 4. The lowest BCUT2D eigenvalue weighted by atomic mass is 9.92. The van der Waals surface area contributed by atoms with Gasteiger partial charge < -0.3 is 35.2 Å². The van der Waals surface area contributed by atoms with Crippen molar-refractivity contribution >= 4 is 35.0 Å². The van der Waals surface area contributed by atoms with Crippen LogP contribution in [0.1, 0.15) is 70.5 Å². The summed E-state index contributed by atoms with van der Waals surface area (Å²) in [6, 6.07) is 8.56. The molecule has 0 bridgehead atoms. The third kappa shape index (κ3) is 10.8. The van der Waals surface area contributed by atoms with Crippen LogP contribution in [0.25, 0.3) is 0 Å². The lowest BCUT2D eigenvalue weighted by Gasteiger charge is -2.38. The Morgan fingerprint density at radius 3 is 2.28 bits per heavy atom. The Morgan fingerprint density at radius 1 is 1.02 bits per heavy atom. The second-order valence-corrected chi connectivity index (χ2v) is 14.8. The van der Waals surface area contributed by atoms with Gasteiger partial charge in [0.1, 0.15) is 5.01 Å². The first-order chi connectivity index (χ1) is 23.8. The van der Waals surface area contributed by atoms with Crippen LogP contribution in [0.4, 0.5) is 0 Å². The molecule has 278 valence electrons. The Hall–Kier alpha value is -3.39. The topological polar surface area (TPSA) is 142 Å². The van der Waals surface area contributed by atoms with Gasteiger partial charge in [-0.1, -0.05) is 65.0 Å². The largest absolute Gasteiger partial charge is 0.379 e. The smallest absolute Gasteiger partial charge is 0.242 e. The summed E-state index contributed by atoms with van der Waals surface area (Å²) in [4.78, 5) is 61.6. The highest BCUT2D eigenvalue weighted by Gasteiger charge is 2.42. The highest BCUT2D eigenvalue weighted by Crippen LogP contribution is 2.30. The van der Waals surface area contributed by atoms with E-state index in [0.29, 0.717) is 19.4 Å². The van der Waals surface area contributed by atoms with E-state index in [1.165, 1.54) is 11.3 Å². The second-order valence-electron chi connectivity index (χ2n) is 13.9. The van der Waals surface area contributed by atoms with Gasteiger partial charge in [0.15, 0.2) is 0 Å². The van der Waals surface area contributed by atoms with Gasteiger partial charge in [-0.2, -0.15) is 0 Å². The number of nitrogens with one attached hydrogen (secondary N) is 3. The number of likely N-dealkylation sites (tertiary alicyclic amines) is 1. The summed E-state index contributed by atoms with van der Waals surface area (Å²) in [6.45, 7) is 10.1. The molecule has 4 amide bonds. The number of aromatic nitrogens is 1. The molecule has 1 saturated heterocycles. The SMILES string of the molecule is CNC(C(=O)NCC(=O)N(C)[C@@H](C(C)C)[C@@H](CC(=O)N1CCC[C@H]1C(OC)C(C)C(=O)NC(Cc1ccccc1)c1nccs1)OC)C(C)C. The first-order valence-electron chi connectivity index (χ1n) is 17.6. The van der Waals surface area contributed by atoms with Crippen LogP contribution in [0.3, 0.4) is 0 Å². The Kier molecular flexibility index (Phi) is 16.3. The Balaban J connectivity index is 1.69. The van der Waals surface area contributed by atoms with Crippen LogP contribution in [-0.4, -0.2) is 110 Å². The average molecular weight is 715 g/mol. The summed E-state index contributed by atoms with van der Waals surface area (Å²) >= 11 is 1.50. The molecular formula is C37H58N6O6S. The maximum absolute atomic E-state index is 14.0. The maximum Gasteiger partial charge on any atom is 0.242 e. The molecule has 1 aromatic carbocycles. The number of carbonyl (C=O) groups excluding carboxylic acids is 4. The van der Waals surface area contributed by atoms with Crippen molar-refractivity contribution in [2.75, 3.05) is 41.4 Å². The van der Waals surface area contributed by atoms with Crippen molar-refractivity contribution in [2.45, 2.75) is 96.7 Å². The van der Waals surface area contributed by atoms with Crippen LogP contribution in [-0.2, 0) is 35.1 Å². The number of thiazole rings is 1. The summed E-state index contributed by atoms with van der Waals surface area (Å²) < 4.78 is 11.9. The molecule has 1 aromatic heterocycles. The summed E-state index contributed by atoms with van der Waals surface area (Å²) in [7, 11) is 6.54. The monoisotopic (exact) mass is 714 g/mol. The second kappa shape index (κ2) is 19.9. The zero-order valence-electron chi connectivity index (χ0n) is 31.2. The number of ether oxygens (including phenoxy) is 2. The third-order valence-corrected chi connectivity index (χ3v) is 10.7. The fourth-order valence-electron chi connectivity index (χ4n) is 7.14. The number of carbonyl (C=O) groups is 4. The van der Waals surface area contributed by atoms with Crippen LogP contribution in [0.2, 0.25) is 0 Å². The first kappa shape index (κ1) is 41.0. The van der Waals surface area contributed by atoms with E-state index in [1.54, 1.807) is 39.4 Å². The van der Waals surface area contributed by atoms with Crippen LogP contribution >= 0.6 is 11.3 Å². The molecule has 50 heavy (non-hydrogen) atoms. The summed E-state index contributed by atoms with van der Waals surface area (Å²) in [5.41, 5.74) is 1.09. The highest BCUT2D eigenvalue weighted by molar-refractivity contribution is 7.09. The molecule has 0 saturated carbocycles. The highest BCUT2D eigenvalue weighted by atomic mass is 32.1. The lowest BCUT2D eigenvalue weighted by Crippen LogP contribution is -2.55. The zero-order chi connectivity index (χ0) is 37.0. The minimum atomic E-state index is -0.590. The minimum Gasteiger partial charge on any atom is -0.379 e. The fourth-order valence-corrected chi connectivity index (χ4v) is 7.83. The molecular weight excluding hydrogens is 657 g/mol. The molecule has 4 unspecified atom stereocenters. The van der Waals surface area contributed by atoms with Gasteiger partial charge in [-0.3, -0.25) is 19.2 Å². The predicted molar refractivity (Wildman–Crippen MR) is 195 cm³/mol. The van der Waals surface area contributed by atoms with Crippen molar-refractivity contribution in [2.24, 2.45) is 17.8 Å². The van der Waals surface area contributed by atoms with Gasteiger partial charge in [0.2, 0.25) is 23.6 Å². The van der Waals surface area contributed by atoms with Gasteiger partial charge in [-0.05, 0) is 43.7 Å². The lowest BCUT2D eigenvalue weighted by molar-refractivity contribution is -0.145. The molecule has 1 aliphatic rings. The van der Waals surface area contributed by atoms with Gasteiger partial charge in [-0.15, -0.1) is 11.3 Å². The number of rotatable bonds is 19. The van der Waals surface area contributed by atoms with Gasteiger partial charge in [0, 0.05) is 39.4 Å². The van der Waals surface area contributed by atoms with Gasteiger partial charge in [-0.25, -0.2) is 4.98 Å². The van der Waals surface area contributed by atoms with E-state index in [2.05, 4.69) is 20.9 Å². The number of hydrogen-bond acceptors (Lipinski definition) is 9. The quantitative estimate of drug-likeness (QED) is 0.201. The van der Waals surface area contributed by atoms with Gasteiger partial charge in [0.05, 0.1) is 55.3 Å². The molecule has 1 aliphatic heterocycles. The van der Waals surface area contributed by atoms with E-state index >= 15 is 0 Å². The van der Waals surface area contributed by atoms with Gasteiger partial charge >= 0.3 is 0 Å². The molecule has 0 radical (unpaired) electrons. The van der Waals surface area contributed by atoms with E-state index in [0.717, 1.165) is 17.0 Å². The van der Waals surface area contributed by atoms with Crippen molar-refractivity contribution < 1.29 is 28.7 Å². The molecule has 12 nitrogen and oxygen atoms in total. The van der Waals surface area contributed by atoms with Crippen molar-refractivity contribution in [3.63, 3.8) is 0 Å². The van der Waals surface area contributed by atoms with E-state index < -0.39 is 30.2 Å². The normalized spacial score (nSPS) is 18.3. The molecule has 2 aromatic rings. The fraction of sp³-hybridized carbons (Fsp3) is 0.649. The van der Waals surface area contributed by atoms with Crippen LogP contribution < -0.4 is 16.0 Å². The van der Waals surface area contributed by atoms with E-state index in [-0.39, 0.29) is 60.5 Å². The molecule has 1 fully saturated rings. The van der Waals surface area contributed by atoms with E-state index in [4.69, 9.17) is 9.47 Å². The number of likely N-dealkylation sites (N-methyl/N-ethyl adjacent to an activating group) is 2. The summed E-state index contributed by atoms with van der Waals surface area (Å²) in [6.07, 6.45) is 2.76.